The van der Waals surface area contributed by atoms with Gasteiger partial charge in [0, 0.05) is 12.1 Å². The standard InChI is InChI=1S/C12H5ClF5/c14-8-7(13-6-4-2-1-3-5-6)9(15)11(17)12(18)10(8)16/h1-5H/q+1. The minimum Gasteiger partial charge on any atom is -0.200 e. The number of hydrogen-bond acceptors (Lipinski definition) is 0. The Morgan fingerprint density at radius 1 is 0.611 bits per heavy atom. The highest BCUT2D eigenvalue weighted by Gasteiger charge is 2.34. The SMILES string of the molecule is Fc1c(F)c(F)c([Cl+]c2ccccc2)c(F)c1F. The van der Waals surface area contributed by atoms with Gasteiger partial charge in [-0.1, -0.05) is 18.2 Å². The molecule has 2 rings (SSSR count). The van der Waals surface area contributed by atoms with Crippen LogP contribution in [0.5, 0.6) is 0 Å². The summed E-state index contributed by atoms with van der Waals surface area (Å²) in [5.41, 5.74) is 0. The van der Waals surface area contributed by atoms with Gasteiger partial charge in [-0.15, -0.1) is 0 Å². The van der Waals surface area contributed by atoms with Crippen LogP contribution in [0.4, 0.5) is 22.0 Å². The van der Waals surface area contributed by atoms with Crippen LogP contribution in [0.1, 0.15) is 0 Å². The Balaban J connectivity index is 2.52. The molecule has 0 fully saturated rings. The molecule has 0 heterocycles. The second kappa shape index (κ2) is 4.94. The molecule has 0 unspecified atom stereocenters. The Bertz CT molecular complexity index is 554. The molecule has 6 heteroatoms. The van der Waals surface area contributed by atoms with E-state index in [1.807, 2.05) is 0 Å². The van der Waals surface area contributed by atoms with Gasteiger partial charge in [-0.05, 0) is 0 Å². The predicted octanol–water partition coefficient (Wildman–Crippen LogP) is 4.00. The first-order valence-corrected chi connectivity index (χ1v) is 5.49. The van der Waals surface area contributed by atoms with Crippen molar-refractivity contribution in [3.8, 4) is 0 Å². The quantitative estimate of drug-likeness (QED) is 0.443. The van der Waals surface area contributed by atoms with Crippen molar-refractivity contribution < 1.29 is 32.7 Å². The van der Waals surface area contributed by atoms with Crippen LogP contribution < -0.4 is 0 Å². The van der Waals surface area contributed by atoms with E-state index in [1.165, 1.54) is 12.1 Å². The Labute approximate surface area is 103 Å². The van der Waals surface area contributed by atoms with E-state index >= 15 is 0 Å². The summed E-state index contributed by atoms with van der Waals surface area (Å²) in [6.07, 6.45) is 0. The topological polar surface area (TPSA) is 0 Å². The minimum absolute atomic E-state index is 0.320. The molecule has 2 aromatic rings. The molecular formula is C12H5ClF5+. The summed E-state index contributed by atoms with van der Waals surface area (Å²) in [4.78, 5) is 0. The highest BCUT2D eigenvalue weighted by Crippen LogP contribution is 2.27. The van der Waals surface area contributed by atoms with E-state index < -0.39 is 34.1 Å². The van der Waals surface area contributed by atoms with Gasteiger partial charge in [-0.2, -0.15) is 8.78 Å². The zero-order valence-corrected chi connectivity index (χ0v) is 9.41. The maximum Gasteiger partial charge on any atom is 0.312 e. The lowest BCUT2D eigenvalue weighted by Gasteiger charge is -1.98. The third-order valence-corrected chi connectivity index (χ3v) is 3.08. The van der Waals surface area contributed by atoms with E-state index in [0.29, 0.717) is 5.02 Å². The zero-order valence-electron chi connectivity index (χ0n) is 8.65. The van der Waals surface area contributed by atoms with Gasteiger partial charge in [0.25, 0.3) is 0 Å². The molecule has 0 N–H and O–H groups in total. The lowest BCUT2D eigenvalue weighted by atomic mass is 10.3. The molecule has 0 amide bonds. The summed E-state index contributed by atoms with van der Waals surface area (Å²) >= 11 is 0. The molecule has 94 valence electrons. The summed E-state index contributed by atoms with van der Waals surface area (Å²) in [7, 11) is 1.04. The first-order chi connectivity index (χ1) is 8.52. The lowest BCUT2D eigenvalue weighted by Crippen LogP contribution is -2.05. The molecular weight excluding hydrogens is 275 g/mol. The molecule has 0 nitrogen and oxygen atoms in total. The average Bonchev–Trinajstić information content (AvgIpc) is 2.40. The highest BCUT2D eigenvalue weighted by molar-refractivity contribution is 5.22. The summed E-state index contributed by atoms with van der Waals surface area (Å²) in [5.74, 6) is -9.75. The molecule has 0 aliphatic rings. The van der Waals surface area contributed by atoms with Crippen LogP contribution in [0.15, 0.2) is 30.3 Å². The third-order valence-electron chi connectivity index (χ3n) is 2.09. The predicted molar refractivity (Wildman–Crippen MR) is 51.0 cm³/mol. The molecule has 0 bridgehead atoms. The summed E-state index contributed by atoms with van der Waals surface area (Å²) in [6.45, 7) is 0. The summed E-state index contributed by atoms with van der Waals surface area (Å²) in [5, 5.41) is -0.640. The molecule has 0 saturated heterocycles. The molecule has 0 spiro atoms. The monoisotopic (exact) mass is 279 g/mol. The second-order valence-electron chi connectivity index (χ2n) is 3.27. The number of halogens is 6. The largest absolute Gasteiger partial charge is 0.312 e. The average molecular weight is 280 g/mol. The summed E-state index contributed by atoms with van der Waals surface area (Å²) < 4.78 is 65.3. The molecule has 0 radical (unpaired) electrons. The maximum absolute atomic E-state index is 13.3. The van der Waals surface area contributed by atoms with Crippen molar-refractivity contribution in [2.75, 3.05) is 0 Å². The first kappa shape index (κ1) is 12.8. The van der Waals surface area contributed by atoms with Crippen molar-refractivity contribution in [3.63, 3.8) is 0 Å². The van der Waals surface area contributed by atoms with E-state index in [9.17, 15) is 22.0 Å². The van der Waals surface area contributed by atoms with Crippen molar-refractivity contribution in [1.82, 2.24) is 0 Å². The molecule has 0 atom stereocenters. The number of rotatable bonds is 2. The van der Waals surface area contributed by atoms with Gasteiger partial charge in [0.1, 0.15) is 0 Å². The second-order valence-corrected chi connectivity index (χ2v) is 4.28. The minimum atomic E-state index is -2.16. The fourth-order valence-corrected chi connectivity index (χ4v) is 2.07. The van der Waals surface area contributed by atoms with Crippen molar-refractivity contribution in [1.29, 1.82) is 0 Å². The van der Waals surface area contributed by atoms with Crippen LogP contribution in [0, 0.1) is 39.9 Å². The van der Waals surface area contributed by atoms with Crippen molar-refractivity contribution in [2.24, 2.45) is 0 Å². The normalized spacial score (nSPS) is 10.7. The molecule has 0 aliphatic heterocycles. The van der Waals surface area contributed by atoms with Crippen LogP contribution in [-0.2, 0) is 0 Å². The van der Waals surface area contributed by atoms with Crippen LogP contribution >= 0.6 is 0 Å². The Hall–Kier alpha value is -1.62. The molecule has 18 heavy (non-hydrogen) atoms. The van der Waals surface area contributed by atoms with Crippen molar-refractivity contribution in [3.05, 3.63) is 69.5 Å². The van der Waals surface area contributed by atoms with Gasteiger partial charge in [0.15, 0.2) is 0 Å². The van der Waals surface area contributed by atoms with Crippen LogP contribution in [0.25, 0.3) is 0 Å². The summed E-state index contributed by atoms with van der Waals surface area (Å²) in [6, 6.07) is 7.77. The molecule has 2 aromatic carbocycles. The Morgan fingerprint density at radius 3 is 1.56 bits per heavy atom. The van der Waals surface area contributed by atoms with E-state index in [0.717, 1.165) is 10.8 Å². The van der Waals surface area contributed by atoms with Gasteiger partial charge in [-0.25, -0.2) is 13.2 Å². The Kier molecular flexibility index (Phi) is 3.52. The fourth-order valence-electron chi connectivity index (χ4n) is 1.25. The first-order valence-electron chi connectivity index (χ1n) is 4.73. The van der Waals surface area contributed by atoms with Crippen LogP contribution in [0.3, 0.4) is 0 Å². The van der Waals surface area contributed by atoms with Crippen LogP contribution in [0.2, 0.25) is 10.0 Å². The molecule has 0 aliphatic carbocycles. The lowest BCUT2D eigenvalue weighted by molar-refractivity contribution is -0.540. The van der Waals surface area contributed by atoms with Crippen LogP contribution in [-0.4, -0.2) is 0 Å². The van der Waals surface area contributed by atoms with Crippen molar-refractivity contribution in [2.45, 2.75) is 0 Å². The van der Waals surface area contributed by atoms with Gasteiger partial charge in [-0.3, -0.25) is 0 Å². The molecule has 0 aromatic heterocycles. The smallest absolute Gasteiger partial charge is 0.200 e. The van der Waals surface area contributed by atoms with Gasteiger partial charge < -0.3 is 0 Å². The Morgan fingerprint density at radius 2 is 1.06 bits per heavy atom. The van der Waals surface area contributed by atoms with Gasteiger partial charge in [0.2, 0.25) is 44.9 Å². The van der Waals surface area contributed by atoms with E-state index in [-0.39, 0.29) is 0 Å². The zero-order chi connectivity index (χ0) is 13.3. The van der Waals surface area contributed by atoms with Gasteiger partial charge in [0.05, 0.1) is 0 Å². The van der Waals surface area contributed by atoms with E-state index in [4.69, 9.17) is 0 Å². The van der Waals surface area contributed by atoms with Gasteiger partial charge >= 0.3 is 5.02 Å². The van der Waals surface area contributed by atoms with E-state index in [1.54, 1.807) is 18.2 Å². The number of hydrogen-bond donors (Lipinski definition) is 0. The van der Waals surface area contributed by atoms with E-state index in [2.05, 4.69) is 0 Å². The third kappa shape index (κ3) is 2.18. The molecule has 0 saturated carbocycles. The number of benzene rings is 2. The maximum atomic E-state index is 13.3. The fraction of sp³-hybridized carbons (Fsp3) is 0. The highest BCUT2D eigenvalue weighted by atomic mass is 35.5. The van der Waals surface area contributed by atoms with Crippen molar-refractivity contribution >= 4 is 0 Å².